The minimum absolute atomic E-state index is 1.01. The number of rotatable bonds is 3. The minimum Gasteiger partial charge on any atom is -0.256 e. The van der Waals surface area contributed by atoms with Gasteiger partial charge >= 0.3 is 0 Å². The average molecular weight is 503 g/mol. The van der Waals surface area contributed by atoms with Crippen molar-refractivity contribution in [2.24, 2.45) is 20.0 Å². The van der Waals surface area contributed by atoms with Crippen LogP contribution in [-0.2, 0) is 0 Å². The molecular formula is C34H38N4. The van der Waals surface area contributed by atoms with E-state index in [1.54, 1.807) is 5.57 Å². The van der Waals surface area contributed by atoms with E-state index in [1.165, 1.54) is 104 Å². The van der Waals surface area contributed by atoms with Gasteiger partial charge in [-0.25, -0.2) is 0 Å². The number of hydrogen-bond donors (Lipinski definition) is 0. The molecule has 5 aliphatic rings. The zero-order valence-corrected chi connectivity index (χ0v) is 22.6. The Bertz CT molecular complexity index is 1400. The molecule has 0 N–H and O–H groups in total. The maximum absolute atomic E-state index is 5.24. The van der Waals surface area contributed by atoms with Crippen molar-refractivity contribution in [1.29, 1.82) is 0 Å². The Balaban J connectivity index is 1.29. The normalized spacial score (nSPS) is 21.2. The zero-order valence-electron chi connectivity index (χ0n) is 22.6. The highest BCUT2D eigenvalue weighted by atomic mass is 14.9. The van der Waals surface area contributed by atoms with Crippen LogP contribution < -0.4 is 0 Å². The van der Waals surface area contributed by atoms with Gasteiger partial charge in [0.05, 0.1) is 34.2 Å². The molecule has 2 fully saturated rings. The third-order valence-electron chi connectivity index (χ3n) is 8.93. The lowest BCUT2D eigenvalue weighted by Crippen LogP contribution is -2.22. The predicted molar refractivity (Wildman–Crippen MR) is 161 cm³/mol. The summed E-state index contributed by atoms with van der Waals surface area (Å²) in [6, 6.07) is 13.3. The molecular weight excluding hydrogens is 464 g/mol. The number of allylic oxidation sites excluding steroid dienone is 2. The molecule has 7 rings (SSSR count). The van der Waals surface area contributed by atoms with Crippen LogP contribution in [0.15, 0.2) is 67.5 Å². The fourth-order valence-corrected chi connectivity index (χ4v) is 6.91. The second-order valence-corrected chi connectivity index (χ2v) is 11.7. The first kappa shape index (κ1) is 23.9. The van der Waals surface area contributed by atoms with Gasteiger partial charge in [-0.3, -0.25) is 20.0 Å². The number of aliphatic imine (C=N–C) groups is 4. The Kier molecular flexibility index (Phi) is 6.65. The maximum atomic E-state index is 5.24. The Morgan fingerprint density at radius 1 is 0.474 bits per heavy atom. The molecule has 4 nitrogen and oxygen atoms in total. The Hall–Kier alpha value is -3.14. The first-order valence-electron chi connectivity index (χ1n) is 15.1. The lowest BCUT2D eigenvalue weighted by Gasteiger charge is -2.26. The van der Waals surface area contributed by atoms with E-state index >= 15 is 0 Å². The Morgan fingerprint density at radius 3 is 1.74 bits per heavy atom. The van der Waals surface area contributed by atoms with E-state index in [2.05, 4.69) is 36.4 Å². The second kappa shape index (κ2) is 10.6. The average Bonchev–Trinajstić information content (AvgIpc) is 3.12. The molecule has 0 unspecified atom stereocenters. The third kappa shape index (κ3) is 4.86. The van der Waals surface area contributed by atoms with Crippen LogP contribution in [0, 0.1) is 0 Å². The van der Waals surface area contributed by atoms with Gasteiger partial charge < -0.3 is 0 Å². The van der Waals surface area contributed by atoms with Crippen molar-refractivity contribution in [3.63, 3.8) is 0 Å². The van der Waals surface area contributed by atoms with Crippen molar-refractivity contribution < 1.29 is 0 Å². The summed E-state index contributed by atoms with van der Waals surface area (Å²) >= 11 is 0. The van der Waals surface area contributed by atoms with Crippen LogP contribution in [0.25, 0.3) is 11.1 Å². The molecule has 1 heterocycles. The monoisotopic (exact) mass is 502 g/mol. The number of hydrogen-bond acceptors (Lipinski definition) is 4. The molecule has 0 atom stereocenters. The fourth-order valence-electron chi connectivity index (χ4n) is 6.91. The van der Waals surface area contributed by atoms with Gasteiger partial charge in [0.25, 0.3) is 0 Å². The smallest absolute Gasteiger partial charge is 0.0896 e. The van der Waals surface area contributed by atoms with E-state index < -0.39 is 0 Å². The van der Waals surface area contributed by atoms with E-state index in [0.717, 1.165) is 61.3 Å². The molecule has 2 aromatic rings. The second-order valence-electron chi connectivity index (χ2n) is 11.7. The molecule has 0 radical (unpaired) electrons. The summed E-state index contributed by atoms with van der Waals surface area (Å²) in [7, 11) is 0. The van der Waals surface area contributed by atoms with Gasteiger partial charge in [-0.1, -0.05) is 30.5 Å². The molecule has 0 aromatic heterocycles. The van der Waals surface area contributed by atoms with Gasteiger partial charge in [0.2, 0.25) is 0 Å². The van der Waals surface area contributed by atoms with Crippen molar-refractivity contribution in [2.75, 3.05) is 0 Å². The van der Waals surface area contributed by atoms with E-state index in [0.29, 0.717) is 0 Å². The van der Waals surface area contributed by atoms with E-state index in [-0.39, 0.29) is 0 Å². The first-order chi connectivity index (χ1) is 18.8. The van der Waals surface area contributed by atoms with Crippen LogP contribution in [0.4, 0.5) is 22.7 Å². The highest BCUT2D eigenvalue weighted by Crippen LogP contribution is 2.43. The summed E-state index contributed by atoms with van der Waals surface area (Å²) in [5.74, 6) is 0. The van der Waals surface area contributed by atoms with Crippen LogP contribution in [0.5, 0.6) is 0 Å². The van der Waals surface area contributed by atoms with Crippen LogP contribution >= 0.6 is 0 Å². The summed E-state index contributed by atoms with van der Waals surface area (Å²) in [5, 5.41) is 0. The number of nitrogens with zero attached hydrogens (tertiary/aromatic N) is 4. The third-order valence-corrected chi connectivity index (χ3v) is 8.93. The zero-order chi connectivity index (χ0) is 25.3. The first-order valence-corrected chi connectivity index (χ1v) is 15.1. The minimum atomic E-state index is 1.01. The van der Waals surface area contributed by atoms with Crippen LogP contribution in [0.2, 0.25) is 0 Å². The van der Waals surface area contributed by atoms with Gasteiger partial charge in [-0.05, 0) is 125 Å². The molecule has 1 aliphatic heterocycles. The quantitative estimate of drug-likeness (QED) is 0.401. The van der Waals surface area contributed by atoms with Crippen LogP contribution in [-0.4, -0.2) is 22.8 Å². The lowest BCUT2D eigenvalue weighted by molar-refractivity contribution is 0.666. The van der Waals surface area contributed by atoms with Gasteiger partial charge in [0.1, 0.15) is 0 Å². The SMILES string of the molecule is c1cc(N=C2CCCCC2)c(N=C2CCCCC2)cc1-c1ccc2c(c1)N=C1CCCC3=C1C(=N2)CCC3. The number of fused-ring (bicyclic) bond motifs is 1. The Labute approximate surface area is 226 Å². The molecule has 4 aliphatic carbocycles. The van der Waals surface area contributed by atoms with Crippen molar-refractivity contribution in [3.8, 4) is 11.1 Å². The summed E-state index contributed by atoms with van der Waals surface area (Å²) < 4.78 is 0. The molecule has 2 saturated carbocycles. The van der Waals surface area contributed by atoms with Crippen molar-refractivity contribution in [2.45, 2.75) is 103 Å². The predicted octanol–water partition coefficient (Wildman–Crippen LogP) is 10.2. The molecule has 0 saturated heterocycles. The van der Waals surface area contributed by atoms with E-state index in [4.69, 9.17) is 20.0 Å². The highest BCUT2D eigenvalue weighted by molar-refractivity contribution is 6.27. The van der Waals surface area contributed by atoms with Crippen LogP contribution in [0.3, 0.4) is 0 Å². The summed E-state index contributed by atoms with van der Waals surface area (Å²) in [6.07, 6.45) is 19.2. The van der Waals surface area contributed by atoms with Crippen molar-refractivity contribution >= 4 is 45.6 Å². The molecule has 2 aromatic carbocycles. The molecule has 0 bridgehead atoms. The van der Waals surface area contributed by atoms with Crippen molar-refractivity contribution in [1.82, 2.24) is 0 Å². The largest absolute Gasteiger partial charge is 0.256 e. The maximum Gasteiger partial charge on any atom is 0.0896 e. The van der Waals surface area contributed by atoms with E-state index in [1.807, 2.05) is 0 Å². The molecule has 4 heteroatoms. The topological polar surface area (TPSA) is 49.4 Å². The van der Waals surface area contributed by atoms with Gasteiger partial charge in [0.15, 0.2) is 0 Å². The lowest BCUT2D eigenvalue weighted by atomic mass is 9.80. The fraction of sp³-hybridized carbons (Fsp3) is 0.471. The van der Waals surface area contributed by atoms with Crippen LogP contribution in [0.1, 0.15) is 103 Å². The summed E-state index contributed by atoms with van der Waals surface area (Å²) in [5.41, 5.74) is 14.7. The van der Waals surface area contributed by atoms with Gasteiger partial charge in [0, 0.05) is 17.0 Å². The molecule has 0 spiro atoms. The summed E-state index contributed by atoms with van der Waals surface area (Å²) in [6.45, 7) is 0. The standard InChI is InChI=1S/C34H38N4/c1-3-11-26(12-4-1)35-28-19-17-24(21-32(28)36-27-13-5-2-6-14-27)25-18-20-29-33(22-25)38-31-16-8-10-23-9-7-15-30(37-29)34(23)31/h17-22H,1-16H2. The van der Waals surface area contributed by atoms with E-state index in [9.17, 15) is 0 Å². The Morgan fingerprint density at radius 2 is 1.05 bits per heavy atom. The molecule has 38 heavy (non-hydrogen) atoms. The van der Waals surface area contributed by atoms with Crippen molar-refractivity contribution in [3.05, 3.63) is 47.5 Å². The summed E-state index contributed by atoms with van der Waals surface area (Å²) in [4.78, 5) is 20.8. The van der Waals surface area contributed by atoms with Gasteiger partial charge in [-0.15, -0.1) is 0 Å². The highest BCUT2D eigenvalue weighted by Gasteiger charge is 2.28. The number of benzene rings is 2. The molecule has 0 amide bonds. The van der Waals surface area contributed by atoms with Gasteiger partial charge in [-0.2, -0.15) is 0 Å². The molecule has 194 valence electrons.